The van der Waals surface area contributed by atoms with E-state index in [1.807, 2.05) is 0 Å². The molecule has 170 valence electrons. The molecular formula is C21H17F3N6O3. The molecule has 0 spiro atoms. The van der Waals surface area contributed by atoms with Gasteiger partial charge in [-0.2, -0.15) is 13.2 Å². The Kier molecular flexibility index (Phi) is 4.81. The van der Waals surface area contributed by atoms with Crippen LogP contribution in [0.2, 0.25) is 0 Å². The molecule has 0 radical (unpaired) electrons. The van der Waals surface area contributed by atoms with E-state index in [9.17, 15) is 22.8 Å². The topological polar surface area (TPSA) is 116 Å². The average Bonchev–Trinajstić information content (AvgIpc) is 3.40. The van der Waals surface area contributed by atoms with E-state index >= 15 is 0 Å². The number of aromatic amines is 1. The van der Waals surface area contributed by atoms with E-state index in [1.54, 1.807) is 37.3 Å². The number of aromatic nitrogens is 3. The maximum atomic E-state index is 13.9. The Labute approximate surface area is 184 Å². The molecule has 1 saturated heterocycles. The van der Waals surface area contributed by atoms with Crippen molar-refractivity contribution in [1.82, 2.24) is 30.9 Å². The highest BCUT2D eigenvalue weighted by Crippen LogP contribution is 2.42. The van der Waals surface area contributed by atoms with E-state index in [1.165, 1.54) is 18.3 Å². The fraction of sp³-hybridized carbons (Fsp3) is 0.238. The van der Waals surface area contributed by atoms with Gasteiger partial charge in [-0.1, -0.05) is 30.3 Å². The molecule has 3 aromatic rings. The lowest BCUT2D eigenvalue weighted by Gasteiger charge is -2.34. The molecule has 2 aliphatic heterocycles. The van der Waals surface area contributed by atoms with E-state index in [2.05, 4.69) is 25.9 Å². The number of carbonyl (C=O) groups is 1. The van der Waals surface area contributed by atoms with Crippen molar-refractivity contribution >= 4 is 11.5 Å². The molecule has 1 fully saturated rings. The van der Waals surface area contributed by atoms with Crippen molar-refractivity contribution in [3.8, 4) is 11.5 Å². The summed E-state index contributed by atoms with van der Waals surface area (Å²) in [6.45, 7) is 1.56. The quantitative estimate of drug-likeness (QED) is 0.551. The number of rotatable bonds is 3. The van der Waals surface area contributed by atoms with Crippen LogP contribution < -0.4 is 16.3 Å². The first kappa shape index (κ1) is 20.9. The van der Waals surface area contributed by atoms with Crippen LogP contribution in [0, 0.1) is 0 Å². The average molecular weight is 458 g/mol. The number of pyridine rings is 1. The van der Waals surface area contributed by atoms with Crippen LogP contribution >= 0.6 is 0 Å². The van der Waals surface area contributed by atoms with E-state index in [0.717, 1.165) is 5.01 Å². The van der Waals surface area contributed by atoms with Crippen molar-refractivity contribution < 1.29 is 22.4 Å². The fourth-order valence-electron chi connectivity index (χ4n) is 4.16. The number of nitrogens with one attached hydrogen (secondary N) is 3. The minimum absolute atomic E-state index is 0.00367. The zero-order valence-electron chi connectivity index (χ0n) is 17.1. The Morgan fingerprint density at radius 3 is 2.48 bits per heavy atom. The zero-order chi connectivity index (χ0) is 23.3. The molecule has 2 aromatic heterocycles. The van der Waals surface area contributed by atoms with Gasteiger partial charge in [0.1, 0.15) is 17.8 Å². The second-order valence-electron chi connectivity index (χ2n) is 7.70. The second kappa shape index (κ2) is 7.59. The summed E-state index contributed by atoms with van der Waals surface area (Å²) in [6.07, 6.45) is -4.18. The van der Waals surface area contributed by atoms with Crippen LogP contribution in [0.15, 0.2) is 63.6 Å². The van der Waals surface area contributed by atoms with Gasteiger partial charge in [0.2, 0.25) is 11.4 Å². The number of allylic oxidation sites excluding steroid dienone is 1. The molecule has 5 rings (SSSR count). The van der Waals surface area contributed by atoms with Gasteiger partial charge in [0.25, 0.3) is 11.8 Å². The Balaban J connectivity index is 1.52. The van der Waals surface area contributed by atoms with Crippen molar-refractivity contribution in [1.29, 1.82) is 0 Å². The van der Waals surface area contributed by atoms with Crippen molar-refractivity contribution in [3.05, 3.63) is 76.2 Å². The molecule has 3 unspecified atom stereocenters. The zero-order valence-corrected chi connectivity index (χ0v) is 17.1. The first-order valence-electron chi connectivity index (χ1n) is 9.96. The van der Waals surface area contributed by atoms with Crippen LogP contribution in [-0.4, -0.2) is 44.5 Å². The highest BCUT2D eigenvalue weighted by Gasteiger charge is 2.58. The van der Waals surface area contributed by atoms with Crippen molar-refractivity contribution in [2.24, 2.45) is 0 Å². The summed E-state index contributed by atoms with van der Waals surface area (Å²) in [5.41, 5.74) is 2.96. The molecule has 3 N–H and O–H groups in total. The van der Waals surface area contributed by atoms with E-state index in [4.69, 9.17) is 4.42 Å². The van der Waals surface area contributed by atoms with Crippen molar-refractivity contribution in [2.75, 3.05) is 0 Å². The Hall–Kier alpha value is -3.93. The molecule has 1 amide bonds. The molecule has 33 heavy (non-hydrogen) atoms. The van der Waals surface area contributed by atoms with Crippen molar-refractivity contribution in [3.63, 3.8) is 0 Å². The van der Waals surface area contributed by atoms with E-state index < -0.39 is 30.2 Å². The number of amides is 1. The highest BCUT2D eigenvalue weighted by atomic mass is 19.4. The van der Waals surface area contributed by atoms with E-state index in [-0.39, 0.29) is 22.9 Å². The van der Waals surface area contributed by atoms with Gasteiger partial charge >= 0.3 is 6.18 Å². The van der Waals surface area contributed by atoms with Gasteiger partial charge < -0.3 is 14.7 Å². The maximum Gasteiger partial charge on any atom is 0.406 e. The summed E-state index contributed by atoms with van der Waals surface area (Å²) >= 11 is 0. The molecule has 2 aliphatic rings. The van der Waals surface area contributed by atoms with Crippen molar-refractivity contribution in [2.45, 2.75) is 31.2 Å². The summed E-state index contributed by atoms with van der Waals surface area (Å²) in [5.74, 6) is -1.99. The van der Waals surface area contributed by atoms with Gasteiger partial charge in [-0.25, -0.2) is 10.4 Å². The standard InChI is InChI=1S/C21H17F3N6O3/c1-10-14(19-28-27-18(33-19)12-7-8-25-13(31)9-12)20(32)30-17(26-10)15(11-5-3-2-4-6-11)16(29-30)21(22,23)24/h2-9,15-17,26,29H,1H3,(H,25,31). The lowest BCUT2D eigenvalue weighted by Crippen LogP contribution is -2.54. The largest absolute Gasteiger partial charge is 0.416 e. The number of alkyl halides is 3. The second-order valence-corrected chi connectivity index (χ2v) is 7.70. The van der Waals surface area contributed by atoms with Gasteiger partial charge in [-0.3, -0.25) is 9.59 Å². The fourth-order valence-corrected chi connectivity index (χ4v) is 4.16. The molecule has 1 aromatic carbocycles. The summed E-state index contributed by atoms with van der Waals surface area (Å²) in [5, 5.41) is 11.7. The minimum atomic E-state index is -4.61. The van der Waals surface area contributed by atoms with Gasteiger partial charge in [-0.15, -0.1) is 10.2 Å². The number of hydrazine groups is 1. The number of carbonyl (C=O) groups excluding carboxylic acids is 1. The third kappa shape index (κ3) is 3.57. The molecular weight excluding hydrogens is 441 g/mol. The van der Waals surface area contributed by atoms with Crippen LogP contribution in [0.5, 0.6) is 0 Å². The molecule has 9 nitrogen and oxygen atoms in total. The minimum Gasteiger partial charge on any atom is -0.416 e. The van der Waals surface area contributed by atoms with E-state index in [0.29, 0.717) is 16.8 Å². The monoisotopic (exact) mass is 458 g/mol. The molecule has 0 aliphatic carbocycles. The predicted molar refractivity (Wildman–Crippen MR) is 109 cm³/mol. The molecule has 4 heterocycles. The number of H-pyrrole nitrogens is 1. The number of benzene rings is 1. The SMILES string of the molecule is CC1=C(c2nnc(-c3cc[nH]c(=O)c3)o2)C(=O)N2NC(C(F)(F)F)C(c3ccccc3)C2N1. The summed E-state index contributed by atoms with van der Waals surface area (Å²) in [4.78, 5) is 27.3. The summed E-state index contributed by atoms with van der Waals surface area (Å²) in [6, 6.07) is 9.01. The van der Waals surface area contributed by atoms with Gasteiger partial charge in [0, 0.05) is 23.5 Å². The van der Waals surface area contributed by atoms with Crippen LogP contribution in [0.1, 0.15) is 24.3 Å². The molecule has 0 saturated carbocycles. The first-order valence-corrected chi connectivity index (χ1v) is 9.96. The normalized spacial score (nSPS) is 23.0. The third-order valence-electron chi connectivity index (χ3n) is 5.63. The predicted octanol–water partition coefficient (Wildman–Crippen LogP) is 2.15. The first-order chi connectivity index (χ1) is 15.7. The number of halogens is 3. The Morgan fingerprint density at radius 1 is 1.06 bits per heavy atom. The lowest BCUT2D eigenvalue weighted by molar-refractivity contribution is -0.161. The van der Waals surface area contributed by atoms with Crippen LogP contribution in [0.4, 0.5) is 13.2 Å². The lowest BCUT2D eigenvalue weighted by atomic mass is 9.89. The van der Waals surface area contributed by atoms with Gasteiger partial charge in [0.15, 0.2) is 0 Å². The van der Waals surface area contributed by atoms with Crippen LogP contribution in [0.3, 0.4) is 0 Å². The third-order valence-corrected chi connectivity index (χ3v) is 5.63. The summed E-state index contributed by atoms with van der Waals surface area (Å²) < 4.78 is 47.3. The number of hydrogen-bond donors (Lipinski definition) is 3. The maximum absolute atomic E-state index is 13.9. The highest BCUT2D eigenvalue weighted by molar-refractivity contribution is 6.19. The molecule has 3 atom stereocenters. The Bertz CT molecular complexity index is 1300. The molecule has 12 heteroatoms. The number of nitrogens with zero attached hydrogens (tertiary/aromatic N) is 3. The summed E-state index contributed by atoms with van der Waals surface area (Å²) in [7, 11) is 0. The van der Waals surface area contributed by atoms with Crippen LogP contribution in [0.25, 0.3) is 17.0 Å². The smallest absolute Gasteiger partial charge is 0.406 e. The number of hydrogen-bond acceptors (Lipinski definition) is 7. The Morgan fingerprint density at radius 2 is 1.79 bits per heavy atom. The number of fused-ring (bicyclic) bond motifs is 1. The van der Waals surface area contributed by atoms with Gasteiger partial charge in [0.05, 0.1) is 5.92 Å². The molecule has 0 bridgehead atoms. The van der Waals surface area contributed by atoms with Gasteiger partial charge in [-0.05, 0) is 18.6 Å². The van der Waals surface area contributed by atoms with Crippen LogP contribution in [-0.2, 0) is 4.79 Å².